The normalized spacial score (nSPS) is 15.5. The third-order valence-electron chi connectivity index (χ3n) is 7.37. The first kappa shape index (κ1) is 26.3. The van der Waals surface area contributed by atoms with E-state index in [1.165, 1.54) is 5.56 Å². The van der Waals surface area contributed by atoms with Crippen molar-refractivity contribution in [1.29, 1.82) is 0 Å². The Labute approximate surface area is 229 Å². The Bertz CT molecular complexity index is 1520. The molecule has 3 aromatic carbocycles. The van der Waals surface area contributed by atoms with E-state index in [9.17, 15) is 9.59 Å². The van der Waals surface area contributed by atoms with Crippen LogP contribution in [0.5, 0.6) is 5.75 Å². The maximum atomic E-state index is 13.8. The number of hydrogen-bond donors (Lipinski definition) is 2. The summed E-state index contributed by atoms with van der Waals surface area (Å²) in [6, 6.07) is 21.3. The number of amides is 2. The molecule has 39 heavy (non-hydrogen) atoms. The van der Waals surface area contributed by atoms with E-state index in [4.69, 9.17) is 4.74 Å². The largest absolute Gasteiger partial charge is 0.497 e. The van der Waals surface area contributed by atoms with Crippen LogP contribution in [-0.2, 0) is 35.3 Å². The number of likely N-dealkylation sites (N-methyl/N-ethyl adjacent to an activating group) is 1. The van der Waals surface area contributed by atoms with E-state index in [-0.39, 0.29) is 18.2 Å². The number of aromatic nitrogens is 1. The molecule has 6 heteroatoms. The Balaban J connectivity index is 1.51. The summed E-state index contributed by atoms with van der Waals surface area (Å²) in [7, 11) is 3.35. The van der Waals surface area contributed by atoms with Gasteiger partial charge in [-0.25, -0.2) is 0 Å². The average molecular weight is 522 g/mol. The van der Waals surface area contributed by atoms with Gasteiger partial charge in [0.05, 0.1) is 13.5 Å². The fourth-order valence-corrected chi connectivity index (χ4v) is 5.30. The monoisotopic (exact) mass is 521 g/mol. The first-order valence-electron chi connectivity index (χ1n) is 13.5. The molecule has 1 aliphatic rings. The second-order valence-electron chi connectivity index (χ2n) is 10.2. The number of fused-ring (bicyclic) bond motifs is 5. The molecule has 200 valence electrons. The van der Waals surface area contributed by atoms with Gasteiger partial charge in [0.15, 0.2) is 0 Å². The van der Waals surface area contributed by atoms with Gasteiger partial charge in [-0.2, -0.15) is 0 Å². The zero-order valence-corrected chi connectivity index (χ0v) is 22.8. The maximum absolute atomic E-state index is 13.8. The van der Waals surface area contributed by atoms with Crippen LogP contribution in [0.1, 0.15) is 41.3 Å². The topological polar surface area (TPSA) is 74.4 Å². The molecular weight excluding hydrogens is 486 g/mol. The predicted molar refractivity (Wildman–Crippen MR) is 157 cm³/mol. The molecule has 0 unspecified atom stereocenters. The highest BCUT2D eigenvalue weighted by Crippen LogP contribution is 2.27. The Hall–Kier alpha value is -4.32. The van der Waals surface area contributed by atoms with Crippen molar-refractivity contribution in [3.63, 3.8) is 0 Å². The highest BCUT2D eigenvalue weighted by Gasteiger charge is 2.26. The van der Waals surface area contributed by atoms with Gasteiger partial charge in [-0.1, -0.05) is 49.8 Å². The predicted octanol–water partition coefficient (Wildman–Crippen LogP) is 5.63. The van der Waals surface area contributed by atoms with Gasteiger partial charge in [0.1, 0.15) is 11.8 Å². The molecule has 2 amide bonds. The van der Waals surface area contributed by atoms with Gasteiger partial charge in [-0.05, 0) is 77.6 Å². The van der Waals surface area contributed by atoms with E-state index in [0.29, 0.717) is 6.42 Å². The molecule has 0 saturated heterocycles. The third-order valence-corrected chi connectivity index (χ3v) is 7.37. The highest BCUT2D eigenvalue weighted by molar-refractivity contribution is 6.00. The minimum atomic E-state index is -0.710. The van der Waals surface area contributed by atoms with Crippen molar-refractivity contribution < 1.29 is 14.3 Å². The van der Waals surface area contributed by atoms with Gasteiger partial charge in [0, 0.05) is 35.8 Å². The van der Waals surface area contributed by atoms with Crippen molar-refractivity contribution >= 4 is 34.5 Å². The fourth-order valence-electron chi connectivity index (χ4n) is 5.30. The number of hydrogen-bond acceptors (Lipinski definition) is 3. The minimum absolute atomic E-state index is 0.170. The summed E-state index contributed by atoms with van der Waals surface area (Å²) in [6.45, 7) is 2.17. The molecule has 1 atom stereocenters. The number of carbonyl (C=O) groups is 2. The molecule has 0 saturated carbocycles. The molecule has 2 heterocycles. The number of nitrogens with one attached hydrogen (secondary N) is 2. The van der Waals surface area contributed by atoms with Crippen LogP contribution >= 0.6 is 0 Å². The molecule has 0 spiro atoms. The van der Waals surface area contributed by atoms with Crippen molar-refractivity contribution in [3.8, 4) is 5.75 Å². The van der Waals surface area contributed by atoms with E-state index in [1.807, 2.05) is 36.4 Å². The van der Waals surface area contributed by atoms with Crippen LogP contribution in [0.4, 0.5) is 5.69 Å². The average Bonchev–Trinajstić information content (AvgIpc) is 3.28. The van der Waals surface area contributed by atoms with Crippen LogP contribution in [0.25, 0.3) is 17.0 Å². The molecule has 5 rings (SSSR count). The summed E-state index contributed by atoms with van der Waals surface area (Å²) in [4.78, 5) is 32.4. The smallest absolute Gasteiger partial charge is 0.249 e. The lowest BCUT2D eigenvalue weighted by atomic mass is 10.0. The molecule has 6 nitrogen and oxygen atoms in total. The Kier molecular flexibility index (Phi) is 7.82. The van der Waals surface area contributed by atoms with Crippen LogP contribution in [0.2, 0.25) is 0 Å². The van der Waals surface area contributed by atoms with Crippen molar-refractivity contribution in [2.24, 2.45) is 0 Å². The zero-order chi connectivity index (χ0) is 27.4. The number of H-pyrrole nitrogens is 1. The van der Waals surface area contributed by atoms with Crippen molar-refractivity contribution in [2.75, 3.05) is 19.1 Å². The van der Waals surface area contributed by atoms with Crippen LogP contribution < -0.4 is 15.0 Å². The van der Waals surface area contributed by atoms with Gasteiger partial charge in [0.2, 0.25) is 11.8 Å². The van der Waals surface area contributed by atoms with Crippen molar-refractivity contribution in [3.05, 3.63) is 101 Å². The number of methoxy groups -OCH3 is 1. The molecule has 1 aliphatic heterocycles. The lowest BCUT2D eigenvalue weighted by Gasteiger charge is -2.25. The van der Waals surface area contributed by atoms with Gasteiger partial charge in [0.25, 0.3) is 0 Å². The molecule has 0 fully saturated rings. The number of aromatic amines is 1. The summed E-state index contributed by atoms with van der Waals surface area (Å²) in [5.74, 6) is 0.372. The number of ether oxygens (including phenoxy) is 1. The van der Waals surface area contributed by atoms with E-state index >= 15 is 0 Å². The van der Waals surface area contributed by atoms with E-state index < -0.39 is 6.04 Å². The molecule has 2 N–H and O–H groups in total. The fraction of sp³-hybridized carbons (Fsp3) is 0.273. The van der Waals surface area contributed by atoms with E-state index in [0.717, 1.165) is 64.0 Å². The number of allylic oxidation sites excluding steroid dienone is 1. The summed E-state index contributed by atoms with van der Waals surface area (Å²) in [5.41, 5.74) is 7.06. The second-order valence-corrected chi connectivity index (χ2v) is 10.2. The van der Waals surface area contributed by atoms with Gasteiger partial charge >= 0.3 is 0 Å². The van der Waals surface area contributed by atoms with E-state index in [1.54, 1.807) is 19.1 Å². The number of rotatable bonds is 5. The molecule has 0 aliphatic carbocycles. The van der Waals surface area contributed by atoms with Crippen LogP contribution in [0, 0.1) is 0 Å². The summed E-state index contributed by atoms with van der Waals surface area (Å²) in [6.07, 6.45) is 7.61. The second kappa shape index (κ2) is 11.6. The zero-order valence-electron chi connectivity index (χ0n) is 22.8. The number of aryl methyl sites for hydroxylation is 1. The van der Waals surface area contributed by atoms with Gasteiger partial charge < -0.3 is 19.9 Å². The molecule has 2 bridgehead atoms. The Morgan fingerprint density at radius 1 is 1.05 bits per heavy atom. The Morgan fingerprint density at radius 3 is 2.62 bits per heavy atom. The minimum Gasteiger partial charge on any atom is -0.497 e. The molecule has 0 radical (unpaired) electrons. The SMILES string of the molecule is CCCc1ccc2[nH]c3c(c2c1)CC(=O)N[C@H](C(=O)N(C)c1ccc(OC)cc1)Cc1cccc(c1)CC=C3. The quantitative estimate of drug-likeness (QED) is 0.357. The first-order chi connectivity index (χ1) is 18.9. The third kappa shape index (κ3) is 5.90. The maximum Gasteiger partial charge on any atom is 0.249 e. The van der Waals surface area contributed by atoms with Crippen molar-refractivity contribution in [2.45, 2.75) is 45.1 Å². The molecular formula is C33H35N3O3. The van der Waals surface area contributed by atoms with Gasteiger partial charge in [-0.15, -0.1) is 0 Å². The number of nitrogens with zero attached hydrogens (tertiary/aromatic N) is 1. The van der Waals surface area contributed by atoms with Crippen LogP contribution in [0.3, 0.4) is 0 Å². The lowest BCUT2D eigenvalue weighted by molar-refractivity contribution is -0.127. The van der Waals surface area contributed by atoms with E-state index in [2.05, 4.69) is 59.7 Å². The lowest BCUT2D eigenvalue weighted by Crippen LogP contribution is -2.49. The summed E-state index contributed by atoms with van der Waals surface area (Å²) in [5, 5.41) is 4.14. The number of anilines is 1. The van der Waals surface area contributed by atoms with Gasteiger partial charge in [-0.3, -0.25) is 9.59 Å². The highest BCUT2D eigenvalue weighted by atomic mass is 16.5. The standard InChI is InChI=1S/C33H35N3O3/c1-4-7-22-12-17-30-27(19-22)28-21-32(37)35-31(33(38)36(2)25-13-15-26(39-3)16-14-25)20-24-10-5-8-23(18-24)9-6-11-29(28)34-30/h5-6,8,10-19,31,34H,4,7,9,20-21H2,1-3H3,(H,35,37)/t31-/m0/s1. The number of carbonyl (C=O) groups excluding carboxylic acids is 2. The summed E-state index contributed by atoms with van der Waals surface area (Å²) < 4.78 is 5.26. The summed E-state index contributed by atoms with van der Waals surface area (Å²) >= 11 is 0. The van der Waals surface area contributed by atoms with Crippen LogP contribution in [0.15, 0.2) is 72.8 Å². The molecule has 1 aromatic heterocycles. The number of benzene rings is 3. The van der Waals surface area contributed by atoms with Crippen LogP contribution in [-0.4, -0.2) is 37.0 Å². The first-order valence-corrected chi connectivity index (χ1v) is 13.5. The van der Waals surface area contributed by atoms with Crippen molar-refractivity contribution in [1.82, 2.24) is 10.3 Å². The molecule has 4 aromatic rings. The Morgan fingerprint density at radius 2 is 1.85 bits per heavy atom.